The fourth-order valence-corrected chi connectivity index (χ4v) is 2.47. The summed E-state index contributed by atoms with van der Waals surface area (Å²) in [5.41, 5.74) is 6.36. The molecule has 0 heterocycles. The van der Waals surface area contributed by atoms with Crippen molar-refractivity contribution in [3.8, 4) is 0 Å². The van der Waals surface area contributed by atoms with Gasteiger partial charge in [0.05, 0.1) is 0 Å². The van der Waals surface area contributed by atoms with Crippen LogP contribution in [0.3, 0.4) is 0 Å². The molecule has 0 aliphatic carbocycles. The van der Waals surface area contributed by atoms with Crippen LogP contribution in [-0.4, -0.2) is 6.54 Å². The summed E-state index contributed by atoms with van der Waals surface area (Å²) >= 11 is 0. The summed E-state index contributed by atoms with van der Waals surface area (Å²) in [7, 11) is 0. The van der Waals surface area contributed by atoms with Gasteiger partial charge >= 0.3 is 0 Å². The van der Waals surface area contributed by atoms with E-state index in [1.165, 1.54) is 44.9 Å². The first kappa shape index (κ1) is 15.0. The Balaban J connectivity index is 4.06. The van der Waals surface area contributed by atoms with E-state index in [9.17, 15) is 0 Å². The first-order chi connectivity index (χ1) is 7.17. The summed E-state index contributed by atoms with van der Waals surface area (Å²) < 4.78 is 0. The van der Waals surface area contributed by atoms with Crippen molar-refractivity contribution in [1.29, 1.82) is 0 Å². The van der Waals surface area contributed by atoms with Gasteiger partial charge in [-0.2, -0.15) is 0 Å². The first-order valence-electron chi connectivity index (χ1n) is 6.88. The molecule has 1 atom stereocenters. The quantitative estimate of drug-likeness (QED) is 0.605. The maximum Gasteiger partial charge on any atom is -0.00207 e. The molecule has 0 bridgehead atoms. The molecule has 15 heavy (non-hydrogen) atoms. The van der Waals surface area contributed by atoms with Crippen LogP contribution < -0.4 is 5.73 Å². The van der Waals surface area contributed by atoms with Crippen LogP contribution in [-0.2, 0) is 0 Å². The van der Waals surface area contributed by atoms with Crippen molar-refractivity contribution in [2.75, 3.05) is 6.54 Å². The molecule has 0 amide bonds. The molecule has 2 N–H and O–H groups in total. The molecule has 92 valence electrons. The van der Waals surface area contributed by atoms with Crippen LogP contribution in [0, 0.1) is 11.3 Å². The molecule has 1 unspecified atom stereocenters. The largest absolute Gasteiger partial charge is 0.330 e. The SMILES string of the molecule is CCCC(CC)CCC(CC)(CC)CN. The molecule has 1 nitrogen and oxygen atoms in total. The minimum atomic E-state index is 0.432. The Morgan fingerprint density at radius 1 is 1.00 bits per heavy atom. The summed E-state index contributed by atoms with van der Waals surface area (Å²) in [6, 6.07) is 0. The smallest absolute Gasteiger partial charge is 0.00207 e. The van der Waals surface area contributed by atoms with Crippen LogP contribution >= 0.6 is 0 Å². The number of nitrogens with two attached hydrogens (primary N) is 1. The van der Waals surface area contributed by atoms with Gasteiger partial charge in [0.15, 0.2) is 0 Å². The van der Waals surface area contributed by atoms with Crippen molar-refractivity contribution in [2.24, 2.45) is 17.1 Å². The van der Waals surface area contributed by atoms with Gasteiger partial charge in [-0.05, 0) is 43.6 Å². The maximum absolute atomic E-state index is 5.93. The zero-order valence-electron chi connectivity index (χ0n) is 11.3. The average molecular weight is 213 g/mol. The van der Waals surface area contributed by atoms with Crippen molar-refractivity contribution in [2.45, 2.75) is 72.6 Å². The Kier molecular flexibility index (Phi) is 8.13. The monoisotopic (exact) mass is 213 g/mol. The van der Waals surface area contributed by atoms with Crippen LogP contribution in [0.2, 0.25) is 0 Å². The van der Waals surface area contributed by atoms with Gasteiger partial charge in [-0.15, -0.1) is 0 Å². The fourth-order valence-electron chi connectivity index (χ4n) is 2.47. The van der Waals surface area contributed by atoms with E-state index < -0.39 is 0 Å². The van der Waals surface area contributed by atoms with E-state index in [4.69, 9.17) is 5.73 Å². The third-order valence-electron chi connectivity index (χ3n) is 4.29. The molecule has 0 radical (unpaired) electrons. The lowest BCUT2D eigenvalue weighted by Crippen LogP contribution is -2.29. The Labute approximate surface area is 96.8 Å². The van der Waals surface area contributed by atoms with Crippen molar-refractivity contribution in [1.82, 2.24) is 0 Å². The third kappa shape index (κ3) is 5.01. The van der Waals surface area contributed by atoms with E-state index in [0.29, 0.717) is 5.41 Å². The number of rotatable bonds is 9. The summed E-state index contributed by atoms with van der Waals surface area (Å²) in [4.78, 5) is 0. The predicted molar refractivity (Wildman–Crippen MR) is 70.0 cm³/mol. The van der Waals surface area contributed by atoms with Crippen LogP contribution in [0.25, 0.3) is 0 Å². The van der Waals surface area contributed by atoms with Crippen molar-refractivity contribution >= 4 is 0 Å². The van der Waals surface area contributed by atoms with Crippen LogP contribution in [0.5, 0.6) is 0 Å². The van der Waals surface area contributed by atoms with Gasteiger partial charge in [-0.1, -0.05) is 47.0 Å². The standard InChI is InChI=1S/C14H31N/c1-5-9-13(6-2)10-11-14(7-3,8-4)12-15/h13H,5-12,15H2,1-4H3. The molecular weight excluding hydrogens is 182 g/mol. The third-order valence-corrected chi connectivity index (χ3v) is 4.29. The second-order valence-electron chi connectivity index (χ2n) is 5.01. The van der Waals surface area contributed by atoms with E-state index in [1.54, 1.807) is 0 Å². The highest BCUT2D eigenvalue weighted by Crippen LogP contribution is 2.33. The highest BCUT2D eigenvalue weighted by atomic mass is 14.6. The highest BCUT2D eigenvalue weighted by Gasteiger charge is 2.24. The molecule has 1 heteroatoms. The Morgan fingerprint density at radius 2 is 1.60 bits per heavy atom. The summed E-state index contributed by atoms with van der Waals surface area (Å²) in [5.74, 6) is 0.930. The Hall–Kier alpha value is -0.0400. The molecule has 0 aliphatic heterocycles. The Bertz CT molecular complexity index is 130. The molecule has 0 saturated heterocycles. The van der Waals surface area contributed by atoms with Gasteiger partial charge in [0.2, 0.25) is 0 Å². The number of hydrogen-bond acceptors (Lipinski definition) is 1. The average Bonchev–Trinajstić information content (AvgIpc) is 2.30. The predicted octanol–water partition coefficient (Wildman–Crippen LogP) is 4.36. The fraction of sp³-hybridized carbons (Fsp3) is 1.00. The van der Waals surface area contributed by atoms with Gasteiger partial charge in [0, 0.05) is 0 Å². The van der Waals surface area contributed by atoms with E-state index in [0.717, 1.165) is 12.5 Å². The lowest BCUT2D eigenvalue weighted by Gasteiger charge is -2.31. The minimum absolute atomic E-state index is 0.432. The van der Waals surface area contributed by atoms with Crippen molar-refractivity contribution in [3.63, 3.8) is 0 Å². The molecule has 0 aromatic rings. The van der Waals surface area contributed by atoms with E-state index >= 15 is 0 Å². The minimum Gasteiger partial charge on any atom is -0.330 e. The molecule has 0 aromatic carbocycles. The van der Waals surface area contributed by atoms with E-state index in [1.807, 2.05) is 0 Å². The highest BCUT2D eigenvalue weighted by molar-refractivity contribution is 4.78. The topological polar surface area (TPSA) is 26.0 Å². The van der Waals surface area contributed by atoms with Crippen molar-refractivity contribution in [3.05, 3.63) is 0 Å². The number of hydrogen-bond donors (Lipinski definition) is 1. The molecule has 0 saturated carbocycles. The second kappa shape index (κ2) is 8.15. The summed E-state index contributed by atoms with van der Waals surface area (Å²) in [5, 5.41) is 0. The zero-order valence-corrected chi connectivity index (χ0v) is 11.3. The van der Waals surface area contributed by atoms with Gasteiger partial charge in [0.1, 0.15) is 0 Å². The summed E-state index contributed by atoms with van der Waals surface area (Å²) in [6.07, 6.45) is 9.24. The van der Waals surface area contributed by atoms with E-state index in [-0.39, 0.29) is 0 Å². The van der Waals surface area contributed by atoms with Crippen molar-refractivity contribution < 1.29 is 0 Å². The molecular formula is C14H31N. The molecule has 0 rings (SSSR count). The molecule has 0 aliphatic rings. The van der Waals surface area contributed by atoms with Crippen LogP contribution in [0.1, 0.15) is 72.6 Å². The lowest BCUT2D eigenvalue weighted by atomic mass is 9.76. The first-order valence-corrected chi connectivity index (χ1v) is 6.88. The molecule has 0 aromatic heterocycles. The molecule has 0 spiro atoms. The maximum atomic E-state index is 5.93. The van der Waals surface area contributed by atoms with E-state index in [2.05, 4.69) is 27.7 Å². The van der Waals surface area contributed by atoms with Gasteiger partial charge in [0.25, 0.3) is 0 Å². The van der Waals surface area contributed by atoms with Gasteiger partial charge in [-0.3, -0.25) is 0 Å². The lowest BCUT2D eigenvalue weighted by molar-refractivity contribution is 0.220. The second-order valence-corrected chi connectivity index (χ2v) is 5.01. The van der Waals surface area contributed by atoms with Crippen LogP contribution in [0.15, 0.2) is 0 Å². The van der Waals surface area contributed by atoms with Gasteiger partial charge < -0.3 is 5.73 Å². The normalized spacial score (nSPS) is 14.2. The summed E-state index contributed by atoms with van der Waals surface area (Å²) in [6.45, 7) is 10.1. The molecule has 0 fully saturated rings. The van der Waals surface area contributed by atoms with Crippen LogP contribution in [0.4, 0.5) is 0 Å². The zero-order chi connectivity index (χ0) is 11.7. The van der Waals surface area contributed by atoms with Gasteiger partial charge in [-0.25, -0.2) is 0 Å². The Morgan fingerprint density at radius 3 is 1.93 bits per heavy atom.